The first-order valence-electron chi connectivity index (χ1n) is 7.39. The lowest BCUT2D eigenvalue weighted by molar-refractivity contribution is 0.411. The fourth-order valence-corrected chi connectivity index (χ4v) is 3.52. The molecule has 0 saturated carbocycles. The third-order valence-corrected chi connectivity index (χ3v) is 5.11. The van der Waals surface area contributed by atoms with E-state index in [9.17, 15) is 5.11 Å². The van der Waals surface area contributed by atoms with E-state index in [0.717, 1.165) is 27.0 Å². The van der Waals surface area contributed by atoms with Gasteiger partial charge in [-0.3, -0.25) is 5.41 Å². The van der Waals surface area contributed by atoms with Crippen LogP contribution in [0.4, 0.5) is 11.4 Å². The van der Waals surface area contributed by atoms with E-state index in [-0.39, 0.29) is 5.76 Å². The molecule has 0 amide bonds. The van der Waals surface area contributed by atoms with Gasteiger partial charge in [0, 0.05) is 30.3 Å². The molecule has 6 heteroatoms. The number of rotatable bonds is 3. The van der Waals surface area contributed by atoms with Crippen LogP contribution in [0.1, 0.15) is 15.6 Å². The van der Waals surface area contributed by atoms with Gasteiger partial charge in [-0.1, -0.05) is 0 Å². The molecule has 0 atom stereocenters. The molecule has 2 N–H and O–H groups in total. The number of hydrogen-bond acceptors (Lipinski definition) is 5. The molecule has 2 aromatic rings. The molecule has 1 aliphatic heterocycles. The van der Waals surface area contributed by atoms with Gasteiger partial charge >= 0.3 is 0 Å². The van der Waals surface area contributed by atoms with E-state index in [2.05, 4.69) is 4.98 Å². The summed E-state index contributed by atoms with van der Waals surface area (Å²) in [6, 6.07) is 7.96. The van der Waals surface area contributed by atoms with Gasteiger partial charge in [-0.2, -0.15) is 0 Å². The van der Waals surface area contributed by atoms with Gasteiger partial charge in [0.2, 0.25) is 0 Å². The Balaban J connectivity index is 1.90. The summed E-state index contributed by atoms with van der Waals surface area (Å²) < 4.78 is 0. The molecule has 0 unspecified atom stereocenters. The van der Waals surface area contributed by atoms with Crippen molar-refractivity contribution in [1.82, 2.24) is 4.98 Å². The summed E-state index contributed by atoms with van der Waals surface area (Å²) in [5.41, 5.74) is 3.49. The maximum atomic E-state index is 10.3. The number of aryl methyl sites for hydroxylation is 2. The molecule has 0 saturated heterocycles. The fourth-order valence-electron chi connectivity index (χ4n) is 2.54. The SMILES string of the molecule is Cc1nc(C2=C(O)CN(c3ccc(N(C)C)cc3)C2=N)sc1C. The van der Waals surface area contributed by atoms with Crippen LogP contribution < -0.4 is 9.80 Å². The highest BCUT2D eigenvalue weighted by Crippen LogP contribution is 2.34. The summed E-state index contributed by atoms with van der Waals surface area (Å²) in [5, 5.41) is 19.5. The molecule has 2 heterocycles. The van der Waals surface area contributed by atoms with Crippen LogP contribution in [0.3, 0.4) is 0 Å². The maximum absolute atomic E-state index is 10.3. The molecule has 0 aliphatic carbocycles. The van der Waals surface area contributed by atoms with Crippen LogP contribution in [0.25, 0.3) is 5.57 Å². The molecule has 23 heavy (non-hydrogen) atoms. The summed E-state index contributed by atoms with van der Waals surface area (Å²) in [4.78, 5) is 9.43. The second-order valence-corrected chi connectivity index (χ2v) is 7.03. The van der Waals surface area contributed by atoms with Crippen LogP contribution in [0, 0.1) is 19.3 Å². The smallest absolute Gasteiger partial charge is 0.139 e. The topological polar surface area (TPSA) is 63.5 Å². The highest BCUT2D eigenvalue weighted by atomic mass is 32.1. The summed E-state index contributed by atoms with van der Waals surface area (Å²) >= 11 is 1.52. The first-order valence-corrected chi connectivity index (χ1v) is 8.20. The Hall–Kier alpha value is -2.34. The van der Waals surface area contributed by atoms with Crippen molar-refractivity contribution >= 4 is 34.1 Å². The Kier molecular flexibility index (Phi) is 3.85. The summed E-state index contributed by atoms with van der Waals surface area (Å²) in [7, 11) is 3.98. The standard InChI is InChI=1S/C17H20N4OS/c1-10-11(2)23-17(19-10)15-14(22)9-21(16(15)18)13-7-5-12(6-8-13)20(3)4/h5-8,18,22H,9H2,1-4H3. The summed E-state index contributed by atoms with van der Waals surface area (Å²) in [5.74, 6) is 0.509. The minimum atomic E-state index is 0.209. The molecule has 1 aromatic carbocycles. The molecule has 0 spiro atoms. The Bertz CT molecular complexity index is 770. The van der Waals surface area contributed by atoms with Crippen molar-refractivity contribution in [2.24, 2.45) is 0 Å². The molecule has 120 valence electrons. The molecular formula is C17H20N4OS. The average molecular weight is 328 g/mol. The van der Waals surface area contributed by atoms with Crippen LogP contribution in [0.5, 0.6) is 0 Å². The van der Waals surface area contributed by atoms with Gasteiger partial charge in [-0.05, 0) is 38.1 Å². The zero-order valence-electron chi connectivity index (χ0n) is 13.7. The van der Waals surface area contributed by atoms with E-state index in [1.54, 1.807) is 4.90 Å². The Morgan fingerprint density at radius 2 is 1.87 bits per heavy atom. The molecule has 1 aromatic heterocycles. The number of aliphatic hydroxyl groups is 1. The molecule has 5 nitrogen and oxygen atoms in total. The van der Waals surface area contributed by atoms with Crippen LogP contribution in [-0.4, -0.2) is 36.6 Å². The first kappa shape index (κ1) is 15.6. The Morgan fingerprint density at radius 3 is 2.39 bits per heavy atom. The lowest BCUT2D eigenvalue weighted by Crippen LogP contribution is -2.26. The predicted octanol–water partition coefficient (Wildman–Crippen LogP) is 3.59. The molecule has 0 radical (unpaired) electrons. The Labute approximate surface area is 140 Å². The van der Waals surface area contributed by atoms with Gasteiger partial charge in [-0.25, -0.2) is 4.98 Å². The van der Waals surface area contributed by atoms with Gasteiger partial charge in [-0.15, -0.1) is 11.3 Å². The number of hydrogen-bond donors (Lipinski definition) is 2. The summed E-state index contributed by atoms with van der Waals surface area (Å²) in [6.07, 6.45) is 0. The maximum Gasteiger partial charge on any atom is 0.139 e. The van der Waals surface area contributed by atoms with Crippen LogP contribution >= 0.6 is 11.3 Å². The second-order valence-electron chi connectivity index (χ2n) is 5.83. The van der Waals surface area contributed by atoms with E-state index >= 15 is 0 Å². The molecule has 0 fully saturated rings. The third-order valence-electron chi connectivity index (χ3n) is 4.02. The molecule has 1 aliphatic rings. The average Bonchev–Trinajstić information content (AvgIpc) is 2.98. The molecule has 0 bridgehead atoms. The van der Waals surface area contributed by atoms with Crippen molar-refractivity contribution in [2.45, 2.75) is 13.8 Å². The number of benzene rings is 1. The monoisotopic (exact) mass is 328 g/mol. The highest BCUT2D eigenvalue weighted by Gasteiger charge is 2.31. The number of aromatic nitrogens is 1. The van der Waals surface area contributed by atoms with Gasteiger partial charge in [0.05, 0.1) is 17.8 Å². The number of aliphatic hydroxyl groups excluding tert-OH is 1. The van der Waals surface area contributed by atoms with Gasteiger partial charge in [0.15, 0.2) is 0 Å². The minimum Gasteiger partial charge on any atom is -0.510 e. The van der Waals surface area contributed by atoms with Crippen molar-refractivity contribution in [2.75, 3.05) is 30.4 Å². The third kappa shape index (κ3) is 2.70. The van der Waals surface area contributed by atoms with Gasteiger partial charge in [0.1, 0.15) is 16.6 Å². The highest BCUT2D eigenvalue weighted by molar-refractivity contribution is 7.13. The molecule has 3 rings (SSSR count). The quantitative estimate of drug-likeness (QED) is 0.904. The van der Waals surface area contributed by atoms with Crippen molar-refractivity contribution in [1.29, 1.82) is 5.41 Å². The van der Waals surface area contributed by atoms with E-state index in [0.29, 0.717) is 18.0 Å². The minimum absolute atomic E-state index is 0.209. The Morgan fingerprint density at radius 1 is 1.22 bits per heavy atom. The lowest BCUT2D eigenvalue weighted by Gasteiger charge is -2.20. The van der Waals surface area contributed by atoms with Crippen molar-refractivity contribution in [3.63, 3.8) is 0 Å². The van der Waals surface area contributed by atoms with Crippen molar-refractivity contribution < 1.29 is 5.11 Å². The number of amidine groups is 1. The van der Waals surface area contributed by atoms with E-state index in [1.807, 2.05) is 57.1 Å². The van der Waals surface area contributed by atoms with Gasteiger partial charge < -0.3 is 14.9 Å². The normalized spacial score (nSPS) is 14.8. The zero-order chi connectivity index (χ0) is 16.7. The van der Waals surface area contributed by atoms with Crippen LogP contribution in [0.15, 0.2) is 30.0 Å². The van der Waals surface area contributed by atoms with Crippen molar-refractivity contribution in [3.8, 4) is 0 Å². The van der Waals surface area contributed by atoms with Crippen LogP contribution in [0.2, 0.25) is 0 Å². The number of nitrogens with zero attached hydrogens (tertiary/aromatic N) is 3. The number of thiazole rings is 1. The van der Waals surface area contributed by atoms with Crippen molar-refractivity contribution in [3.05, 3.63) is 45.6 Å². The first-order chi connectivity index (χ1) is 10.9. The van der Waals surface area contributed by atoms with Crippen LogP contribution in [-0.2, 0) is 0 Å². The van der Waals surface area contributed by atoms with E-state index in [4.69, 9.17) is 5.41 Å². The van der Waals surface area contributed by atoms with E-state index in [1.165, 1.54) is 11.3 Å². The van der Waals surface area contributed by atoms with Gasteiger partial charge in [0.25, 0.3) is 0 Å². The van der Waals surface area contributed by atoms with E-state index < -0.39 is 0 Å². The zero-order valence-corrected chi connectivity index (χ0v) is 14.5. The second kappa shape index (κ2) is 5.70. The number of nitrogens with one attached hydrogen (secondary N) is 1. The summed E-state index contributed by atoms with van der Waals surface area (Å²) in [6.45, 7) is 4.26. The number of anilines is 2. The fraction of sp³-hybridized carbons (Fsp3) is 0.294. The largest absolute Gasteiger partial charge is 0.510 e. The molecular weight excluding hydrogens is 308 g/mol. The predicted molar refractivity (Wildman–Crippen MR) is 97.0 cm³/mol. The lowest BCUT2D eigenvalue weighted by atomic mass is 10.2.